The third-order valence-corrected chi connectivity index (χ3v) is 7.93. The molecule has 0 saturated carbocycles. The molecule has 1 amide bonds. The number of nitrogens with two attached hydrogens (primary N) is 1. The average molecular weight is 541 g/mol. The summed E-state index contributed by atoms with van der Waals surface area (Å²) in [6, 6.07) is 13.2. The van der Waals surface area contributed by atoms with Gasteiger partial charge in [0.2, 0.25) is 0 Å². The number of rotatable bonds is 12. The minimum atomic E-state index is -3.41. The predicted molar refractivity (Wildman–Crippen MR) is 145 cm³/mol. The Hall–Kier alpha value is -3.99. The second-order valence-corrected chi connectivity index (χ2v) is 11.3. The number of hydrogen-bond acceptors (Lipinski definition) is 9. The molecule has 3 rings (SSSR count). The van der Waals surface area contributed by atoms with E-state index in [9.17, 15) is 18.0 Å². The van der Waals surface area contributed by atoms with E-state index in [4.69, 9.17) is 10.5 Å². The van der Waals surface area contributed by atoms with Crippen molar-refractivity contribution >= 4 is 33.2 Å². The quantitative estimate of drug-likeness (QED) is 0.253. The van der Waals surface area contributed by atoms with Gasteiger partial charge < -0.3 is 20.5 Å². The van der Waals surface area contributed by atoms with Gasteiger partial charge in [-0.05, 0) is 57.4 Å². The Bertz CT molecular complexity index is 1370. The number of unbranched alkanes of at least 4 members (excludes halogenated alkanes) is 2. The lowest BCUT2D eigenvalue weighted by Gasteiger charge is -2.13. The fourth-order valence-corrected chi connectivity index (χ4v) is 4.56. The Balaban J connectivity index is 1.69. The van der Waals surface area contributed by atoms with Crippen LogP contribution in [0.1, 0.15) is 50.0 Å². The highest BCUT2D eigenvalue weighted by molar-refractivity contribution is 7.92. The SMILES string of the molecule is COC(=O)CCCCCOc1ccccc1NC(=O)c1nc(-c2ccc(S(=O)(=O)C(C)C)cc2)cnc1N. The van der Waals surface area contributed by atoms with Crippen LogP contribution >= 0.6 is 0 Å². The molecule has 202 valence electrons. The normalized spacial score (nSPS) is 11.3. The van der Waals surface area contributed by atoms with Crippen molar-refractivity contribution < 1.29 is 27.5 Å². The van der Waals surface area contributed by atoms with E-state index >= 15 is 0 Å². The topological polar surface area (TPSA) is 151 Å². The summed E-state index contributed by atoms with van der Waals surface area (Å²) in [5.74, 6) is -0.362. The maximum absolute atomic E-state index is 13.1. The van der Waals surface area contributed by atoms with E-state index in [2.05, 4.69) is 20.0 Å². The van der Waals surface area contributed by atoms with Gasteiger partial charge in [0.15, 0.2) is 21.3 Å². The summed E-state index contributed by atoms with van der Waals surface area (Å²) in [5, 5.41) is 2.23. The molecule has 0 bridgehead atoms. The minimum Gasteiger partial charge on any atom is -0.491 e. The number of anilines is 2. The first-order chi connectivity index (χ1) is 18.1. The van der Waals surface area contributed by atoms with E-state index in [1.165, 1.54) is 25.4 Å². The van der Waals surface area contributed by atoms with Crippen LogP contribution in [-0.2, 0) is 19.4 Å². The molecule has 0 fully saturated rings. The molecular weight excluding hydrogens is 508 g/mol. The molecule has 0 aliphatic rings. The number of ether oxygens (including phenoxy) is 2. The average Bonchev–Trinajstić information content (AvgIpc) is 2.91. The molecule has 0 unspecified atom stereocenters. The maximum Gasteiger partial charge on any atom is 0.305 e. The Morgan fingerprint density at radius 3 is 2.42 bits per heavy atom. The minimum absolute atomic E-state index is 0.0470. The zero-order chi connectivity index (χ0) is 27.7. The fraction of sp³-hybridized carbons (Fsp3) is 0.333. The van der Waals surface area contributed by atoms with Crippen LogP contribution in [0.25, 0.3) is 11.3 Å². The second kappa shape index (κ2) is 13.0. The summed E-state index contributed by atoms with van der Waals surface area (Å²) < 4.78 is 35.3. The summed E-state index contributed by atoms with van der Waals surface area (Å²) in [6.45, 7) is 3.65. The summed E-state index contributed by atoms with van der Waals surface area (Å²) in [7, 11) is -2.04. The number of aromatic nitrogens is 2. The van der Waals surface area contributed by atoms with Crippen molar-refractivity contribution in [3.05, 3.63) is 60.4 Å². The molecule has 0 saturated heterocycles. The molecule has 3 N–H and O–H groups in total. The van der Waals surface area contributed by atoms with Crippen molar-refractivity contribution in [2.75, 3.05) is 24.8 Å². The highest BCUT2D eigenvalue weighted by Gasteiger charge is 2.20. The van der Waals surface area contributed by atoms with Crippen LogP contribution < -0.4 is 15.8 Å². The lowest BCUT2D eigenvalue weighted by molar-refractivity contribution is -0.140. The van der Waals surface area contributed by atoms with Crippen LogP contribution in [0, 0.1) is 0 Å². The van der Waals surface area contributed by atoms with Crippen molar-refractivity contribution in [2.45, 2.75) is 49.7 Å². The molecule has 10 nitrogen and oxygen atoms in total. The highest BCUT2D eigenvalue weighted by atomic mass is 32.2. The van der Waals surface area contributed by atoms with Gasteiger partial charge in [-0.25, -0.2) is 18.4 Å². The summed E-state index contributed by atoms with van der Waals surface area (Å²) in [5.41, 5.74) is 7.29. The first-order valence-corrected chi connectivity index (χ1v) is 13.7. The zero-order valence-electron chi connectivity index (χ0n) is 21.6. The number of nitrogens with zero attached hydrogens (tertiary/aromatic N) is 2. The molecule has 0 spiro atoms. The van der Waals surface area contributed by atoms with Gasteiger partial charge in [0, 0.05) is 12.0 Å². The Morgan fingerprint density at radius 1 is 1.03 bits per heavy atom. The van der Waals surface area contributed by atoms with Crippen LogP contribution in [0.4, 0.5) is 11.5 Å². The van der Waals surface area contributed by atoms with E-state index in [-0.39, 0.29) is 22.4 Å². The Morgan fingerprint density at radius 2 is 1.74 bits per heavy atom. The summed E-state index contributed by atoms with van der Waals surface area (Å²) in [4.78, 5) is 33.0. The lowest BCUT2D eigenvalue weighted by atomic mass is 10.1. The molecule has 38 heavy (non-hydrogen) atoms. The number of carbonyl (C=O) groups is 2. The number of benzene rings is 2. The van der Waals surface area contributed by atoms with Crippen LogP contribution in [0.15, 0.2) is 59.6 Å². The molecule has 1 aromatic heterocycles. The van der Waals surface area contributed by atoms with Crippen LogP contribution in [-0.4, -0.2) is 49.2 Å². The van der Waals surface area contributed by atoms with Crippen molar-refractivity contribution in [1.29, 1.82) is 0 Å². The molecule has 0 aliphatic heterocycles. The lowest BCUT2D eigenvalue weighted by Crippen LogP contribution is -2.18. The van der Waals surface area contributed by atoms with Crippen molar-refractivity contribution in [1.82, 2.24) is 9.97 Å². The van der Waals surface area contributed by atoms with E-state index in [1.807, 2.05) is 0 Å². The van der Waals surface area contributed by atoms with Crippen molar-refractivity contribution in [3.8, 4) is 17.0 Å². The molecule has 2 aromatic carbocycles. The van der Waals surface area contributed by atoms with E-state index in [0.29, 0.717) is 42.1 Å². The molecule has 1 heterocycles. The van der Waals surface area contributed by atoms with E-state index in [1.54, 1.807) is 50.2 Å². The van der Waals surface area contributed by atoms with Crippen LogP contribution in [0.2, 0.25) is 0 Å². The molecule has 3 aromatic rings. The standard InChI is InChI=1S/C27H32N4O6S/c1-18(2)38(34,35)20-14-12-19(13-15-20)22-17-29-26(28)25(30-22)27(33)31-21-9-6-7-10-23(21)37-16-8-4-5-11-24(32)36-3/h6-7,9-10,12-15,17-18H,4-5,8,11,16H2,1-3H3,(H2,28,29)(H,31,33). The number of sulfone groups is 1. The molecular formula is C27H32N4O6S. The van der Waals surface area contributed by atoms with Gasteiger partial charge in [0.25, 0.3) is 5.91 Å². The fourth-order valence-electron chi connectivity index (χ4n) is 3.50. The molecule has 0 atom stereocenters. The third-order valence-electron chi connectivity index (χ3n) is 5.76. The molecule has 0 radical (unpaired) electrons. The first-order valence-electron chi connectivity index (χ1n) is 12.2. The second-order valence-electron chi connectivity index (χ2n) is 8.79. The van der Waals surface area contributed by atoms with Crippen LogP contribution in [0.5, 0.6) is 5.75 Å². The molecule has 11 heteroatoms. The molecule has 0 aliphatic carbocycles. The number of nitrogens with one attached hydrogen (secondary N) is 1. The number of para-hydroxylation sites is 2. The number of methoxy groups -OCH3 is 1. The number of carbonyl (C=O) groups excluding carboxylic acids is 2. The number of amides is 1. The Labute approximate surface area is 222 Å². The van der Waals surface area contributed by atoms with Gasteiger partial charge in [0.05, 0.1) is 41.4 Å². The summed E-state index contributed by atoms with van der Waals surface area (Å²) >= 11 is 0. The van der Waals surface area contributed by atoms with E-state index < -0.39 is 21.0 Å². The largest absolute Gasteiger partial charge is 0.491 e. The maximum atomic E-state index is 13.1. The van der Waals surface area contributed by atoms with Gasteiger partial charge >= 0.3 is 5.97 Å². The smallest absolute Gasteiger partial charge is 0.305 e. The van der Waals surface area contributed by atoms with Gasteiger partial charge in [0.1, 0.15) is 5.75 Å². The van der Waals surface area contributed by atoms with E-state index in [0.717, 1.165) is 12.8 Å². The predicted octanol–water partition coefficient (Wildman–Crippen LogP) is 4.27. The number of esters is 1. The van der Waals surface area contributed by atoms with Gasteiger partial charge in [-0.2, -0.15) is 0 Å². The van der Waals surface area contributed by atoms with Gasteiger partial charge in [-0.15, -0.1) is 0 Å². The summed E-state index contributed by atoms with van der Waals surface area (Å²) in [6.07, 6.45) is 4.03. The Kier molecular flexibility index (Phi) is 9.78. The highest BCUT2D eigenvalue weighted by Crippen LogP contribution is 2.26. The van der Waals surface area contributed by atoms with Gasteiger partial charge in [-0.3, -0.25) is 9.59 Å². The third kappa shape index (κ3) is 7.28. The monoisotopic (exact) mass is 540 g/mol. The van der Waals surface area contributed by atoms with Crippen LogP contribution in [0.3, 0.4) is 0 Å². The number of hydrogen-bond donors (Lipinski definition) is 2. The zero-order valence-corrected chi connectivity index (χ0v) is 22.5. The first kappa shape index (κ1) is 28.6. The van der Waals surface area contributed by atoms with Crippen molar-refractivity contribution in [3.63, 3.8) is 0 Å². The van der Waals surface area contributed by atoms with Gasteiger partial charge in [-0.1, -0.05) is 24.3 Å². The van der Waals surface area contributed by atoms with Crippen molar-refractivity contribution in [2.24, 2.45) is 0 Å². The number of nitrogen functional groups attached to an aromatic ring is 1.